The highest BCUT2D eigenvalue weighted by Crippen LogP contribution is 2.33. The monoisotopic (exact) mass is 376 g/mol. The average Bonchev–Trinajstić information content (AvgIpc) is 3.10. The van der Waals surface area contributed by atoms with E-state index < -0.39 is 11.6 Å². The van der Waals surface area contributed by atoms with Crippen molar-refractivity contribution in [3.05, 3.63) is 64.0 Å². The van der Waals surface area contributed by atoms with Crippen molar-refractivity contribution in [3.63, 3.8) is 0 Å². The van der Waals surface area contributed by atoms with E-state index in [0.29, 0.717) is 10.4 Å². The molecule has 4 rings (SSSR count). The van der Waals surface area contributed by atoms with Gasteiger partial charge in [0.05, 0.1) is 11.1 Å². The first-order valence-corrected chi connectivity index (χ1v) is 9.56. The van der Waals surface area contributed by atoms with E-state index in [2.05, 4.69) is 4.98 Å². The van der Waals surface area contributed by atoms with Crippen LogP contribution < -0.4 is 0 Å². The van der Waals surface area contributed by atoms with Crippen LogP contribution in [0.4, 0.5) is 8.78 Å². The van der Waals surface area contributed by atoms with E-state index in [9.17, 15) is 13.6 Å². The van der Waals surface area contributed by atoms with Crippen molar-refractivity contribution >= 4 is 28.6 Å². The highest BCUT2D eigenvalue weighted by Gasteiger charge is 2.34. The molecule has 0 N–H and O–H groups in total. The molecule has 0 atom stereocenters. The first kappa shape index (κ1) is 16.4. The zero-order chi connectivity index (χ0) is 17.4. The fourth-order valence-corrected chi connectivity index (χ4v) is 4.29. The molecule has 25 heavy (non-hydrogen) atoms. The molecule has 128 valence electrons. The summed E-state index contributed by atoms with van der Waals surface area (Å²) in [4.78, 5) is 20.5. The van der Waals surface area contributed by atoms with Crippen molar-refractivity contribution in [2.24, 2.45) is 0 Å². The van der Waals surface area contributed by atoms with Gasteiger partial charge in [0, 0.05) is 24.2 Å². The number of hydrogen-bond donors (Lipinski definition) is 0. The molecule has 0 aliphatic heterocycles. The number of nitrogens with zero attached hydrogens (tertiary/aromatic N) is 2. The molecular weight excluding hydrogens is 362 g/mol. The molecule has 1 fully saturated rings. The Hall–Kier alpha value is -2.12. The molecule has 2 heterocycles. The SMILES string of the molecule is O=C(c1cnc(-c2cccs2)s1)N(Cc1ccc(F)cc1F)C1CC1. The van der Waals surface area contributed by atoms with Gasteiger partial charge in [-0.05, 0) is 30.4 Å². The van der Waals surface area contributed by atoms with Crippen LogP contribution in [0.25, 0.3) is 9.88 Å². The molecule has 1 amide bonds. The van der Waals surface area contributed by atoms with Gasteiger partial charge in [0.15, 0.2) is 0 Å². The zero-order valence-electron chi connectivity index (χ0n) is 13.1. The molecule has 2 aromatic heterocycles. The lowest BCUT2D eigenvalue weighted by Gasteiger charge is -2.22. The summed E-state index contributed by atoms with van der Waals surface area (Å²) in [6.45, 7) is 0.141. The lowest BCUT2D eigenvalue weighted by Crippen LogP contribution is -2.32. The average molecular weight is 376 g/mol. The molecule has 0 bridgehead atoms. The Morgan fingerprint density at radius 3 is 2.80 bits per heavy atom. The third kappa shape index (κ3) is 3.48. The molecule has 3 nitrogen and oxygen atoms in total. The van der Waals surface area contributed by atoms with Crippen LogP contribution in [0.2, 0.25) is 0 Å². The van der Waals surface area contributed by atoms with Gasteiger partial charge in [-0.3, -0.25) is 4.79 Å². The van der Waals surface area contributed by atoms with Crippen LogP contribution in [-0.2, 0) is 6.54 Å². The quantitative estimate of drug-likeness (QED) is 0.631. The van der Waals surface area contributed by atoms with Crippen LogP contribution in [0.3, 0.4) is 0 Å². The Labute approximate surface area is 151 Å². The van der Waals surface area contributed by atoms with E-state index in [1.165, 1.54) is 23.5 Å². The summed E-state index contributed by atoms with van der Waals surface area (Å²) >= 11 is 2.92. The lowest BCUT2D eigenvalue weighted by atomic mass is 10.2. The van der Waals surface area contributed by atoms with Crippen LogP contribution in [0, 0.1) is 11.6 Å². The Bertz CT molecular complexity index is 904. The van der Waals surface area contributed by atoms with Gasteiger partial charge in [-0.25, -0.2) is 13.8 Å². The summed E-state index contributed by atoms with van der Waals surface area (Å²) in [5, 5.41) is 2.77. The summed E-state index contributed by atoms with van der Waals surface area (Å²) in [5.74, 6) is -1.39. The molecule has 0 radical (unpaired) electrons. The standard InChI is InChI=1S/C18H14F2N2OS2/c19-12-4-3-11(14(20)8-12)10-22(13-5-6-13)18(23)16-9-21-17(25-16)15-2-1-7-24-15/h1-4,7-9,13H,5-6,10H2. The number of carbonyl (C=O) groups is 1. The first-order chi connectivity index (χ1) is 12.1. The van der Waals surface area contributed by atoms with E-state index in [-0.39, 0.29) is 18.5 Å². The Kier molecular flexibility index (Phi) is 4.35. The second-order valence-electron chi connectivity index (χ2n) is 5.91. The molecular formula is C18H14F2N2OS2. The molecule has 0 unspecified atom stereocenters. The minimum atomic E-state index is -0.623. The molecule has 1 aromatic carbocycles. The third-order valence-electron chi connectivity index (χ3n) is 4.05. The van der Waals surface area contributed by atoms with E-state index in [1.54, 1.807) is 22.4 Å². The Balaban J connectivity index is 1.57. The number of thiazole rings is 1. The number of aromatic nitrogens is 1. The number of amides is 1. The Morgan fingerprint density at radius 1 is 1.28 bits per heavy atom. The second kappa shape index (κ2) is 6.65. The fraction of sp³-hybridized carbons (Fsp3) is 0.222. The lowest BCUT2D eigenvalue weighted by molar-refractivity contribution is 0.0733. The van der Waals surface area contributed by atoms with Gasteiger partial charge < -0.3 is 4.90 Å². The summed E-state index contributed by atoms with van der Waals surface area (Å²) < 4.78 is 27.1. The summed E-state index contributed by atoms with van der Waals surface area (Å²) in [6, 6.07) is 7.49. The molecule has 0 spiro atoms. The van der Waals surface area contributed by atoms with E-state index in [0.717, 1.165) is 28.8 Å². The van der Waals surface area contributed by atoms with Crippen LogP contribution >= 0.6 is 22.7 Å². The van der Waals surface area contributed by atoms with Crippen molar-refractivity contribution in [2.45, 2.75) is 25.4 Å². The largest absolute Gasteiger partial charge is 0.330 e. The van der Waals surface area contributed by atoms with Crippen molar-refractivity contribution in [1.29, 1.82) is 0 Å². The maximum atomic E-state index is 14.0. The van der Waals surface area contributed by atoms with E-state index >= 15 is 0 Å². The van der Waals surface area contributed by atoms with Crippen molar-refractivity contribution in [2.75, 3.05) is 0 Å². The van der Waals surface area contributed by atoms with Gasteiger partial charge in [0.25, 0.3) is 5.91 Å². The van der Waals surface area contributed by atoms with Gasteiger partial charge in [0.1, 0.15) is 21.5 Å². The second-order valence-corrected chi connectivity index (χ2v) is 7.89. The zero-order valence-corrected chi connectivity index (χ0v) is 14.7. The minimum absolute atomic E-state index is 0.115. The normalized spacial score (nSPS) is 13.8. The number of rotatable bonds is 5. The Morgan fingerprint density at radius 2 is 2.12 bits per heavy atom. The molecule has 1 aliphatic rings. The summed E-state index contributed by atoms with van der Waals surface area (Å²) in [7, 11) is 0. The van der Waals surface area contributed by atoms with Crippen molar-refractivity contribution < 1.29 is 13.6 Å². The highest BCUT2D eigenvalue weighted by atomic mass is 32.1. The van der Waals surface area contributed by atoms with Gasteiger partial charge in [-0.2, -0.15) is 0 Å². The third-order valence-corrected chi connectivity index (χ3v) is 6.08. The number of carbonyl (C=O) groups excluding carboxylic acids is 1. The number of halogens is 2. The maximum Gasteiger partial charge on any atom is 0.266 e. The highest BCUT2D eigenvalue weighted by molar-refractivity contribution is 7.21. The van der Waals surface area contributed by atoms with Crippen LogP contribution in [-0.4, -0.2) is 21.8 Å². The fourth-order valence-electron chi connectivity index (χ4n) is 2.62. The van der Waals surface area contributed by atoms with Crippen molar-refractivity contribution in [1.82, 2.24) is 9.88 Å². The number of benzene rings is 1. The number of thiophene rings is 1. The van der Waals surface area contributed by atoms with Gasteiger partial charge in [-0.15, -0.1) is 22.7 Å². The van der Waals surface area contributed by atoms with E-state index in [4.69, 9.17) is 0 Å². The molecule has 0 saturated heterocycles. The number of hydrogen-bond acceptors (Lipinski definition) is 4. The molecule has 7 heteroatoms. The summed E-state index contributed by atoms with van der Waals surface area (Å²) in [5.41, 5.74) is 0.324. The minimum Gasteiger partial charge on any atom is -0.330 e. The first-order valence-electron chi connectivity index (χ1n) is 7.86. The molecule has 3 aromatic rings. The predicted molar refractivity (Wildman–Crippen MR) is 94.7 cm³/mol. The van der Waals surface area contributed by atoms with E-state index in [1.807, 2.05) is 17.5 Å². The maximum absolute atomic E-state index is 14.0. The van der Waals surface area contributed by atoms with Crippen LogP contribution in [0.1, 0.15) is 28.1 Å². The molecule has 1 aliphatic carbocycles. The topological polar surface area (TPSA) is 33.2 Å². The smallest absolute Gasteiger partial charge is 0.266 e. The molecule has 1 saturated carbocycles. The van der Waals surface area contributed by atoms with Gasteiger partial charge in [0.2, 0.25) is 0 Å². The van der Waals surface area contributed by atoms with Crippen LogP contribution in [0.15, 0.2) is 41.9 Å². The summed E-state index contributed by atoms with van der Waals surface area (Å²) in [6.07, 6.45) is 3.40. The van der Waals surface area contributed by atoms with Gasteiger partial charge in [-0.1, -0.05) is 12.1 Å². The van der Waals surface area contributed by atoms with Crippen molar-refractivity contribution in [3.8, 4) is 9.88 Å². The predicted octanol–water partition coefficient (Wildman–Crippen LogP) is 4.95. The van der Waals surface area contributed by atoms with Gasteiger partial charge >= 0.3 is 0 Å². The van der Waals surface area contributed by atoms with Crippen LogP contribution in [0.5, 0.6) is 0 Å².